The lowest BCUT2D eigenvalue weighted by Gasteiger charge is -2.10. The topological polar surface area (TPSA) is 126 Å². The highest BCUT2D eigenvalue weighted by Gasteiger charge is 2.15. The number of aliphatic hydroxyl groups is 1. The number of amides is 1. The summed E-state index contributed by atoms with van der Waals surface area (Å²) in [4.78, 5) is 17.0. The first-order chi connectivity index (χ1) is 17.1. The van der Waals surface area contributed by atoms with E-state index in [4.69, 9.17) is 20.6 Å². The minimum atomic E-state index is -0.242. The highest BCUT2D eigenvalue weighted by atomic mass is 16.5. The van der Waals surface area contributed by atoms with Crippen LogP contribution >= 0.6 is 0 Å². The van der Waals surface area contributed by atoms with E-state index in [1.54, 1.807) is 12.1 Å². The first-order valence-electron chi connectivity index (χ1n) is 11.1. The second-order valence-electron chi connectivity index (χ2n) is 7.88. The van der Waals surface area contributed by atoms with E-state index >= 15 is 0 Å². The second kappa shape index (κ2) is 9.66. The van der Waals surface area contributed by atoms with Gasteiger partial charge in [-0.05, 0) is 54.6 Å². The van der Waals surface area contributed by atoms with Gasteiger partial charge in [0, 0.05) is 23.2 Å². The van der Waals surface area contributed by atoms with Crippen LogP contribution in [0.2, 0.25) is 0 Å². The van der Waals surface area contributed by atoms with Gasteiger partial charge in [-0.2, -0.15) is 5.10 Å². The van der Waals surface area contributed by atoms with Crippen LogP contribution in [0.5, 0.6) is 11.5 Å². The summed E-state index contributed by atoms with van der Waals surface area (Å²) in [5.74, 6) is 1.60. The average molecular weight is 466 g/mol. The number of anilines is 1. The summed E-state index contributed by atoms with van der Waals surface area (Å²) in [5.41, 5.74) is 10.5. The number of carbonyl (C=O) groups excluding carboxylic acids is 1. The fourth-order valence-corrected chi connectivity index (χ4v) is 3.79. The maximum absolute atomic E-state index is 12.1. The zero-order valence-corrected chi connectivity index (χ0v) is 18.7. The van der Waals surface area contributed by atoms with Crippen LogP contribution in [-0.2, 0) is 0 Å². The van der Waals surface area contributed by atoms with Crippen LogP contribution in [0.25, 0.3) is 33.4 Å². The molecule has 0 fully saturated rings. The molecule has 0 aliphatic carbocycles. The van der Waals surface area contributed by atoms with E-state index in [0.29, 0.717) is 28.5 Å². The van der Waals surface area contributed by atoms with Gasteiger partial charge in [0.1, 0.15) is 11.5 Å². The quantitative estimate of drug-likeness (QED) is 0.282. The summed E-state index contributed by atoms with van der Waals surface area (Å²) in [6.07, 6.45) is 0. The standard InChI is InChI=1S/C27H23N5O3/c28-26-24-23(31-32-26)16-22(17-6-8-19(9-7-17)27(34)29-14-15-33)30-25(24)18-10-12-21(13-11-18)35-20-4-2-1-3-5-20/h1-13,16,33H,14-15H2,(H,29,34)(H3,28,31,32). The van der Waals surface area contributed by atoms with Crippen LogP contribution in [0, 0.1) is 0 Å². The summed E-state index contributed by atoms with van der Waals surface area (Å²) >= 11 is 0. The number of ether oxygens (including phenoxy) is 1. The van der Waals surface area contributed by atoms with Crippen LogP contribution in [0.3, 0.4) is 0 Å². The summed E-state index contributed by atoms with van der Waals surface area (Å²) in [7, 11) is 0. The Balaban J connectivity index is 1.48. The van der Waals surface area contributed by atoms with E-state index in [9.17, 15) is 4.79 Å². The molecule has 1 amide bonds. The smallest absolute Gasteiger partial charge is 0.251 e. The number of nitrogens with one attached hydrogen (secondary N) is 2. The summed E-state index contributed by atoms with van der Waals surface area (Å²) in [5, 5.41) is 19.4. The molecule has 0 aliphatic rings. The zero-order chi connectivity index (χ0) is 24.2. The second-order valence-corrected chi connectivity index (χ2v) is 7.88. The number of nitrogen functional groups attached to an aromatic ring is 1. The summed E-state index contributed by atoms with van der Waals surface area (Å²) in [6.45, 7) is 0.0990. The van der Waals surface area contributed by atoms with Gasteiger partial charge in [-0.15, -0.1) is 0 Å². The van der Waals surface area contributed by atoms with Crippen molar-refractivity contribution in [3.05, 3.63) is 90.5 Å². The highest BCUT2D eigenvalue weighted by Crippen LogP contribution is 2.34. The van der Waals surface area contributed by atoms with Crippen molar-refractivity contribution in [3.8, 4) is 34.0 Å². The molecule has 0 saturated carbocycles. The number of aromatic amines is 1. The molecule has 8 nitrogen and oxygen atoms in total. The molecule has 0 radical (unpaired) electrons. The van der Waals surface area contributed by atoms with Crippen LogP contribution < -0.4 is 15.8 Å². The molecule has 0 spiro atoms. The molecule has 0 bridgehead atoms. The van der Waals surface area contributed by atoms with Crippen LogP contribution in [0.15, 0.2) is 84.9 Å². The van der Waals surface area contributed by atoms with Crippen LogP contribution in [0.4, 0.5) is 5.82 Å². The number of hydrogen-bond donors (Lipinski definition) is 4. The fourth-order valence-electron chi connectivity index (χ4n) is 3.79. The van der Waals surface area contributed by atoms with Crippen molar-refractivity contribution >= 4 is 22.6 Å². The van der Waals surface area contributed by atoms with Gasteiger partial charge >= 0.3 is 0 Å². The number of para-hydroxylation sites is 1. The molecule has 8 heteroatoms. The molecular weight excluding hydrogens is 442 g/mol. The molecule has 3 aromatic carbocycles. The Labute approximate surface area is 201 Å². The first kappa shape index (κ1) is 22.1. The Bertz CT molecular complexity index is 1460. The van der Waals surface area contributed by atoms with Gasteiger partial charge in [-0.3, -0.25) is 9.89 Å². The van der Waals surface area contributed by atoms with Crippen LogP contribution in [-0.4, -0.2) is 39.3 Å². The maximum Gasteiger partial charge on any atom is 0.251 e. The fraction of sp³-hybridized carbons (Fsp3) is 0.0741. The minimum Gasteiger partial charge on any atom is -0.457 e. The third-order valence-corrected chi connectivity index (χ3v) is 5.52. The molecular formula is C27H23N5O3. The lowest BCUT2D eigenvalue weighted by molar-refractivity contribution is 0.0945. The number of hydrogen-bond acceptors (Lipinski definition) is 6. The third kappa shape index (κ3) is 4.68. The molecule has 5 rings (SSSR count). The molecule has 0 atom stereocenters. The predicted octanol–water partition coefficient (Wildman–Crippen LogP) is 4.39. The number of rotatable bonds is 7. The van der Waals surface area contributed by atoms with Gasteiger partial charge in [-0.25, -0.2) is 4.98 Å². The number of nitrogens with two attached hydrogens (primary N) is 1. The van der Waals surface area contributed by atoms with E-state index < -0.39 is 0 Å². The zero-order valence-electron chi connectivity index (χ0n) is 18.7. The molecule has 0 unspecified atom stereocenters. The summed E-state index contributed by atoms with van der Waals surface area (Å²) < 4.78 is 5.90. The number of aromatic nitrogens is 3. The Kier molecular flexibility index (Phi) is 6.11. The SMILES string of the molecule is Nc1n[nH]c2cc(-c3ccc(C(=O)NCCO)cc3)nc(-c3ccc(Oc4ccccc4)cc3)c12. The van der Waals surface area contributed by atoms with Gasteiger partial charge in [0.25, 0.3) is 5.91 Å². The van der Waals surface area contributed by atoms with Crippen molar-refractivity contribution in [2.45, 2.75) is 0 Å². The molecule has 174 valence electrons. The maximum atomic E-state index is 12.1. The highest BCUT2D eigenvalue weighted by molar-refractivity contribution is 6.01. The first-order valence-corrected chi connectivity index (χ1v) is 11.1. The van der Waals surface area contributed by atoms with Gasteiger partial charge in [0.05, 0.1) is 28.9 Å². The van der Waals surface area contributed by atoms with E-state index in [1.807, 2.05) is 72.8 Å². The number of benzene rings is 3. The van der Waals surface area contributed by atoms with Gasteiger partial charge < -0.3 is 20.9 Å². The van der Waals surface area contributed by atoms with Crippen molar-refractivity contribution in [2.24, 2.45) is 0 Å². The molecule has 2 aromatic heterocycles. The van der Waals surface area contributed by atoms with Crippen molar-refractivity contribution in [2.75, 3.05) is 18.9 Å². The number of aliphatic hydroxyl groups excluding tert-OH is 1. The normalized spacial score (nSPS) is 10.9. The Morgan fingerprint density at radius 2 is 1.63 bits per heavy atom. The van der Waals surface area contributed by atoms with Gasteiger partial charge in [0.2, 0.25) is 0 Å². The molecule has 0 saturated heterocycles. The van der Waals surface area contributed by atoms with E-state index in [-0.39, 0.29) is 19.1 Å². The third-order valence-electron chi connectivity index (χ3n) is 5.52. The lowest BCUT2D eigenvalue weighted by atomic mass is 10.0. The monoisotopic (exact) mass is 465 g/mol. The Morgan fingerprint density at radius 1 is 0.943 bits per heavy atom. The number of fused-ring (bicyclic) bond motifs is 1. The molecule has 2 heterocycles. The van der Waals surface area contributed by atoms with Crippen molar-refractivity contribution in [1.82, 2.24) is 20.5 Å². The molecule has 5 aromatic rings. The molecule has 5 N–H and O–H groups in total. The van der Waals surface area contributed by atoms with E-state index in [0.717, 1.165) is 27.8 Å². The van der Waals surface area contributed by atoms with Crippen LogP contribution in [0.1, 0.15) is 10.4 Å². The van der Waals surface area contributed by atoms with Gasteiger partial charge in [-0.1, -0.05) is 30.3 Å². The summed E-state index contributed by atoms with van der Waals surface area (Å²) in [6, 6.07) is 26.2. The van der Waals surface area contributed by atoms with Gasteiger partial charge in [0.15, 0.2) is 5.82 Å². The number of pyridine rings is 1. The average Bonchev–Trinajstić information content (AvgIpc) is 3.28. The molecule has 0 aliphatic heterocycles. The van der Waals surface area contributed by atoms with Crippen molar-refractivity contribution in [3.63, 3.8) is 0 Å². The Hall–Kier alpha value is -4.69. The largest absolute Gasteiger partial charge is 0.457 e. The predicted molar refractivity (Wildman–Crippen MR) is 135 cm³/mol. The number of nitrogens with zero attached hydrogens (tertiary/aromatic N) is 2. The minimum absolute atomic E-state index is 0.108. The Morgan fingerprint density at radius 3 is 2.34 bits per heavy atom. The number of H-pyrrole nitrogens is 1. The van der Waals surface area contributed by atoms with E-state index in [1.165, 1.54) is 0 Å². The lowest BCUT2D eigenvalue weighted by Crippen LogP contribution is -2.26. The molecule has 35 heavy (non-hydrogen) atoms. The van der Waals surface area contributed by atoms with Crippen molar-refractivity contribution in [1.29, 1.82) is 0 Å². The van der Waals surface area contributed by atoms with Crippen molar-refractivity contribution < 1.29 is 14.6 Å². The number of carbonyl (C=O) groups is 1. The van der Waals surface area contributed by atoms with E-state index in [2.05, 4.69) is 15.5 Å².